The third-order valence-corrected chi connectivity index (χ3v) is 8.30. The lowest BCUT2D eigenvalue weighted by atomic mass is 10.0. The molecule has 4 rings (SSSR count). The number of benzene rings is 1. The van der Waals surface area contributed by atoms with Crippen molar-refractivity contribution in [2.75, 3.05) is 12.3 Å². The Labute approximate surface area is 171 Å². The highest BCUT2D eigenvalue weighted by atomic mass is 32.2. The van der Waals surface area contributed by atoms with Gasteiger partial charge in [-0.05, 0) is 35.1 Å². The van der Waals surface area contributed by atoms with Crippen LogP contribution in [0.15, 0.2) is 58.1 Å². The monoisotopic (exact) mass is 429 g/mol. The van der Waals surface area contributed by atoms with E-state index in [1.54, 1.807) is 11.3 Å². The lowest BCUT2D eigenvalue weighted by Gasteiger charge is -2.08. The smallest absolute Gasteiger partial charge is 0.252 e. The standard InChI is InChI=1S/C20H19N3O2S3/c1-2-10-22-28(24,25)20-18(21)17-14(13-7-4-3-5-8-13)12-15(23-19(17)27-20)16-9-6-11-26-16/h3-9,11-12,22H,2,10,21H2,1H3. The Balaban J connectivity index is 2.00. The van der Waals surface area contributed by atoms with Crippen LogP contribution >= 0.6 is 22.7 Å². The minimum atomic E-state index is -3.67. The van der Waals surface area contributed by atoms with E-state index in [1.807, 2.05) is 60.8 Å². The number of nitrogen functional groups attached to an aromatic ring is 1. The van der Waals surface area contributed by atoms with Crippen LogP contribution in [-0.4, -0.2) is 19.9 Å². The predicted octanol–water partition coefficient (Wildman–Crippen LogP) is 4.96. The number of nitrogens with two attached hydrogens (primary N) is 1. The summed E-state index contributed by atoms with van der Waals surface area (Å²) in [7, 11) is -3.67. The van der Waals surface area contributed by atoms with Gasteiger partial charge in [-0.2, -0.15) is 0 Å². The Hall–Kier alpha value is -2.26. The molecule has 3 aromatic heterocycles. The highest BCUT2D eigenvalue weighted by molar-refractivity contribution is 7.92. The van der Waals surface area contributed by atoms with Crippen molar-refractivity contribution in [3.63, 3.8) is 0 Å². The van der Waals surface area contributed by atoms with Gasteiger partial charge in [0.1, 0.15) is 4.83 Å². The van der Waals surface area contributed by atoms with E-state index < -0.39 is 10.0 Å². The molecule has 8 heteroatoms. The lowest BCUT2D eigenvalue weighted by Crippen LogP contribution is -2.24. The number of hydrogen-bond donors (Lipinski definition) is 2. The van der Waals surface area contributed by atoms with E-state index in [-0.39, 0.29) is 9.90 Å². The first-order valence-electron chi connectivity index (χ1n) is 8.83. The molecule has 0 spiro atoms. The maximum absolute atomic E-state index is 12.7. The zero-order valence-electron chi connectivity index (χ0n) is 15.2. The fourth-order valence-corrected chi connectivity index (χ4v) is 6.39. The Morgan fingerprint density at radius 1 is 1.14 bits per heavy atom. The van der Waals surface area contributed by atoms with Gasteiger partial charge in [-0.15, -0.1) is 22.7 Å². The van der Waals surface area contributed by atoms with Crippen molar-refractivity contribution in [2.45, 2.75) is 17.6 Å². The quantitative estimate of drug-likeness (QED) is 0.453. The van der Waals surface area contributed by atoms with Gasteiger partial charge >= 0.3 is 0 Å². The van der Waals surface area contributed by atoms with Gasteiger partial charge in [-0.1, -0.05) is 43.3 Å². The Kier molecular flexibility index (Phi) is 5.20. The van der Waals surface area contributed by atoms with E-state index in [4.69, 9.17) is 10.7 Å². The zero-order chi connectivity index (χ0) is 19.7. The van der Waals surface area contributed by atoms with E-state index in [2.05, 4.69) is 4.72 Å². The van der Waals surface area contributed by atoms with Crippen LogP contribution in [0.5, 0.6) is 0 Å². The van der Waals surface area contributed by atoms with Gasteiger partial charge in [0.05, 0.1) is 16.3 Å². The number of thiophene rings is 2. The average molecular weight is 430 g/mol. The van der Waals surface area contributed by atoms with Gasteiger partial charge in [-0.25, -0.2) is 18.1 Å². The van der Waals surface area contributed by atoms with Crippen molar-refractivity contribution in [1.29, 1.82) is 0 Å². The topological polar surface area (TPSA) is 85.1 Å². The van der Waals surface area contributed by atoms with E-state index in [0.29, 0.717) is 23.2 Å². The van der Waals surface area contributed by atoms with Gasteiger partial charge in [0.15, 0.2) is 4.21 Å². The van der Waals surface area contributed by atoms with Gasteiger partial charge in [0, 0.05) is 11.9 Å². The molecule has 144 valence electrons. The van der Waals surface area contributed by atoms with Crippen LogP contribution in [0.3, 0.4) is 0 Å². The van der Waals surface area contributed by atoms with Crippen molar-refractivity contribution in [2.24, 2.45) is 0 Å². The third-order valence-electron chi connectivity index (χ3n) is 4.31. The Morgan fingerprint density at radius 2 is 1.93 bits per heavy atom. The van der Waals surface area contributed by atoms with Gasteiger partial charge in [-0.3, -0.25) is 0 Å². The molecule has 4 aromatic rings. The van der Waals surface area contributed by atoms with E-state index in [1.165, 1.54) is 0 Å². The molecule has 3 N–H and O–H groups in total. The molecular formula is C20H19N3O2S3. The highest BCUT2D eigenvalue weighted by Gasteiger charge is 2.25. The second kappa shape index (κ2) is 7.63. The van der Waals surface area contributed by atoms with Crippen LogP contribution in [-0.2, 0) is 10.0 Å². The number of sulfonamides is 1. The molecule has 0 fully saturated rings. The van der Waals surface area contributed by atoms with Crippen LogP contribution in [0.4, 0.5) is 5.69 Å². The summed E-state index contributed by atoms with van der Waals surface area (Å²) in [5.41, 5.74) is 9.29. The number of aromatic nitrogens is 1. The van der Waals surface area contributed by atoms with Crippen LogP contribution in [0.1, 0.15) is 13.3 Å². The predicted molar refractivity (Wildman–Crippen MR) is 118 cm³/mol. The fraction of sp³-hybridized carbons (Fsp3) is 0.150. The minimum absolute atomic E-state index is 0.129. The molecule has 0 saturated heterocycles. The van der Waals surface area contributed by atoms with E-state index in [0.717, 1.165) is 33.0 Å². The molecule has 5 nitrogen and oxygen atoms in total. The summed E-state index contributed by atoms with van der Waals surface area (Å²) >= 11 is 2.72. The molecule has 0 unspecified atom stereocenters. The number of nitrogens with zero attached hydrogens (tertiary/aromatic N) is 1. The summed E-state index contributed by atoms with van der Waals surface area (Å²) in [6, 6.07) is 15.8. The maximum Gasteiger partial charge on any atom is 0.252 e. The first kappa shape index (κ1) is 19.1. The largest absolute Gasteiger partial charge is 0.396 e. The molecule has 0 radical (unpaired) electrons. The van der Waals surface area contributed by atoms with Crippen LogP contribution in [0.2, 0.25) is 0 Å². The molecule has 0 aliphatic heterocycles. The van der Waals surface area contributed by atoms with Gasteiger partial charge in [0.25, 0.3) is 10.0 Å². The first-order valence-corrected chi connectivity index (χ1v) is 12.0. The number of rotatable bonds is 6. The number of nitrogens with one attached hydrogen (secondary N) is 1. The summed E-state index contributed by atoms with van der Waals surface area (Å²) in [6.45, 7) is 2.29. The molecule has 0 amide bonds. The highest BCUT2D eigenvalue weighted by Crippen LogP contribution is 2.43. The zero-order valence-corrected chi connectivity index (χ0v) is 17.6. The molecule has 0 aliphatic rings. The second-order valence-electron chi connectivity index (χ2n) is 6.28. The van der Waals surface area contributed by atoms with Crippen molar-refractivity contribution in [3.05, 3.63) is 53.9 Å². The van der Waals surface area contributed by atoms with Gasteiger partial charge < -0.3 is 5.73 Å². The third kappa shape index (κ3) is 3.44. The maximum atomic E-state index is 12.7. The first-order chi connectivity index (χ1) is 13.5. The van der Waals surface area contributed by atoms with E-state index in [9.17, 15) is 8.42 Å². The van der Waals surface area contributed by atoms with Crippen molar-refractivity contribution in [1.82, 2.24) is 9.71 Å². The Bertz CT molecular complexity index is 1210. The van der Waals surface area contributed by atoms with Crippen molar-refractivity contribution in [3.8, 4) is 21.7 Å². The van der Waals surface area contributed by atoms with Crippen molar-refractivity contribution >= 4 is 48.6 Å². The molecular weight excluding hydrogens is 410 g/mol. The SMILES string of the molecule is CCCNS(=O)(=O)c1sc2nc(-c3cccs3)cc(-c3ccccc3)c2c1N. The molecule has 0 aliphatic carbocycles. The van der Waals surface area contributed by atoms with Crippen molar-refractivity contribution < 1.29 is 8.42 Å². The molecule has 0 bridgehead atoms. The fourth-order valence-electron chi connectivity index (χ4n) is 3.00. The molecule has 28 heavy (non-hydrogen) atoms. The minimum Gasteiger partial charge on any atom is -0.396 e. The van der Waals surface area contributed by atoms with Crippen LogP contribution < -0.4 is 10.5 Å². The summed E-state index contributed by atoms with van der Waals surface area (Å²) in [4.78, 5) is 6.39. The molecule has 0 atom stereocenters. The summed E-state index contributed by atoms with van der Waals surface area (Å²) in [5, 5.41) is 2.69. The van der Waals surface area contributed by atoms with Crippen LogP contribution in [0.25, 0.3) is 31.9 Å². The molecule has 3 heterocycles. The number of hydrogen-bond acceptors (Lipinski definition) is 6. The summed E-state index contributed by atoms with van der Waals surface area (Å²) < 4.78 is 28.2. The van der Waals surface area contributed by atoms with Gasteiger partial charge in [0.2, 0.25) is 0 Å². The second-order valence-corrected chi connectivity index (χ2v) is 10.2. The molecule has 1 aromatic carbocycles. The number of fused-ring (bicyclic) bond motifs is 1. The average Bonchev–Trinajstić information content (AvgIpc) is 3.35. The van der Waals surface area contributed by atoms with Crippen LogP contribution in [0, 0.1) is 0 Å². The number of anilines is 1. The number of pyridine rings is 1. The lowest BCUT2D eigenvalue weighted by molar-refractivity contribution is 0.583. The summed E-state index contributed by atoms with van der Waals surface area (Å²) in [5.74, 6) is 0. The summed E-state index contributed by atoms with van der Waals surface area (Å²) in [6.07, 6.45) is 0.708. The normalized spacial score (nSPS) is 11.9. The molecule has 0 saturated carbocycles. The Morgan fingerprint density at radius 3 is 2.61 bits per heavy atom. The van der Waals surface area contributed by atoms with E-state index >= 15 is 0 Å².